The maximum Gasteiger partial charge on any atom is 0.329 e. The van der Waals surface area contributed by atoms with Gasteiger partial charge in [0, 0.05) is 16.9 Å². The van der Waals surface area contributed by atoms with E-state index in [0.29, 0.717) is 5.02 Å². The van der Waals surface area contributed by atoms with Crippen LogP contribution in [0.2, 0.25) is 5.02 Å². The Balaban J connectivity index is 1.62. The third kappa shape index (κ3) is 5.40. The number of aromatic amines is 1. The molecule has 0 aliphatic rings. The summed E-state index contributed by atoms with van der Waals surface area (Å²) < 4.78 is 5.63. The average molecular weight is 397 g/mol. The van der Waals surface area contributed by atoms with Crippen molar-refractivity contribution in [2.75, 3.05) is 5.32 Å². The number of anilines is 1. The predicted octanol–water partition coefficient (Wildman–Crippen LogP) is 5.44. The van der Waals surface area contributed by atoms with Crippen molar-refractivity contribution in [3.8, 4) is 0 Å². The van der Waals surface area contributed by atoms with Crippen LogP contribution in [-0.4, -0.2) is 17.0 Å². The normalized spacial score (nSPS) is 12.0. The molecular weight excluding hydrogens is 372 g/mol. The molecule has 0 aliphatic heterocycles. The zero-order valence-electron chi connectivity index (χ0n) is 16.1. The zero-order chi connectivity index (χ0) is 19.9. The number of H-pyrrole nitrogens is 1. The van der Waals surface area contributed by atoms with Crippen LogP contribution in [0.4, 0.5) is 5.69 Å². The number of benzene rings is 2. The first-order valence-corrected chi connectivity index (χ1v) is 9.78. The summed E-state index contributed by atoms with van der Waals surface area (Å²) in [6, 6.07) is 19.1. The Morgan fingerprint density at radius 1 is 1.07 bits per heavy atom. The van der Waals surface area contributed by atoms with Crippen molar-refractivity contribution in [1.29, 1.82) is 0 Å². The van der Waals surface area contributed by atoms with E-state index in [2.05, 4.69) is 22.4 Å². The van der Waals surface area contributed by atoms with Crippen molar-refractivity contribution in [3.05, 3.63) is 88.7 Å². The number of aromatic nitrogens is 1. The quantitative estimate of drug-likeness (QED) is 0.498. The molecule has 0 saturated carbocycles. The van der Waals surface area contributed by atoms with Crippen molar-refractivity contribution in [2.45, 2.75) is 32.9 Å². The fourth-order valence-electron chi connectivity index (χ4n) is 3.01. The maximum absolute atomic E-state index is 12.7. The van der Waals surface area contributed by atoms with Crippen LogP contribution >= 0.6 is 11.6 Å². The van der Waals surface area contributed by atoms with Crippen LogP contribution in [0.5, 0.6) is 0 Å². The smallest absolute Gasteiger partial charge is 0.329 e. The molecule has 1 aromatic heterocycles. The second-order valence-corrected chi connectivity index (χ2v) is 7.56. The topological polar surface area (TPSA) is 54.1 Å². The van der Waals surface area contributed by atoms with Crippen LogP contribution in [0.25, 0.3) is 0 Å². The first-order chi connectivity index (χ1) is 13.5. The van der Waals surface area contributed by atoms with E-state index in [4.69, 9.17) is 16.3 Å². The summed E-state index contributed by atoms with van der Waals surface area (Å²) in [6.07, 6.45) is 2.68. The van der Waals surface area contributed by atoms with Gasteiger partial charge in [-0.1, -0.05) is 55.8 Å². The molecule has 3 aromatic rings. The summed E-state index contributed by atoms with van der Waals surface area (Å²) in [7, 11) is 0. The SMILES string of the molecule is CC(C)C(Nc1ccc(Cl)cc1)C(=O)OCc1[nH]ccc1Cc1ccccc1. The largest absolute Gasteiger partial charge is 0.458 e. The second-order valence-electron chi connectivity index (χ2n) is 7.12. The molecule has 0 spiro atoms. The predicted molar refractivity (Wildman–Crippen MR) is 114 cm³/mol. The van der Waals surface area contributed by atoms with E-state index >= 15 is 0 Å². The molecule has 2 N–H and O–H groups in total. The summed E-state index contributed by atoms with van der Waals surface area (Å²) >= 11 is 5.93. The molecule has 0 amide bonds. The van der Waals surface area contributed by atoms with E-state index in [0.717, 1.165) is 23.4 Å². The molecule has 1 unspecified atom stereocenters. The number of esters is 1. The number of ether oxygens (including phenoxy) is 1. The van der Waals surface area contributed by atoms with E-state index in [9.17, 15) is 4.79 Å². The Hall–Kier alpha value is -2.72. The van der Waals surface area contributed by atoms with Gasteiger partial charge in [-0.05, 0) is 53.8 Å². The fraction of sp³-hybridized carbons (Fsp3) is 0.261. The minimum absolute atomic E-state index is 0.0793. The molecular formula is C23H25ClN2O2. The molecule has 0 fully saturated rings. The van der Waals surface area contributed by atoms with Crippen LogP contribution in [0.1, 0.15) is 30.7 Å². The van der Waals surface area contributed by atoms with Gasteiger partial charge in [0.15, 0.2) is 0 Å². The van der Waals surface area contributed by atoms with Crippen LogP contribution in [-0.2, 0) is 22.6 Å². The van der Waals surface area contributed by atoms with Crippen LogP contribution in [0, 0.1) is 5.92 Å². The summed E-state index contributed by atoms with van der Waals surface area (Å²) in [5, 5.41) is 3.91. The van der Waals surface area contributed by atoms with E-state index in [1.807, 2.05) is 56.4 Å². The van der Waals surface area contributed by atoms with Gasteiger partial charge in [-0.3, -0.25) is 0 Å². The summed E-state index contributed by atoms with van der Waals surface area (Å²) in [5.41, 5.74) is 4.11. The van der Waals surface area contributed by atoms with E-state index in [1.54, 1.807) is 12.1 Å². The van der Waals surface area contributed by atoms with E-state index in [-0.39, 0.29) is 18.5 Å². The van der Waals surface area contributed by atoms with Gasteiger partial charge in [0.2, 0.25) is 0 Å². The van der Waals surface area contributed by atoms with Crippen molar-refractivity contribution in [2.24, 2.45) is 5.92 Å². The van der Waals surface area contributed by atoms with Gasteiger partial charge in [0.05, 0.1) is 5.69 Å². The van der Waals surface area contributed by atoms with Gasteiger partial charge in [0.25, 0.3) is 0 Å². The highest BCUT2D eigenvalue weighted by Crippen LogP contribution is 2.19. The third-order valence-electron chi connectivity index (χ3n) is 4.61. The Morgan fingerprint density at radius 3 is 2.46 bits per heavy atom. The van der Waals surface area contributed by atoms with Crippen molar-refractivity contribution < 1.29 is 9.53 Å². The first kappa shape index (κ1) is 20.0. The highest BCUT2D eigenvalue weighted by molar-refractivity contribution is 6.30. The Morgan fingerprint density at radius 2 is 1.79 bits per heavy atom. The third-order valence-corrected chi connectivity index (χ3v) is 4.86. The number of nitrogens with one attached hydrogen (secondary N) is 2. The molecule has 4 nitrogen and oxygen atoms in total. The molecule has 146 valence electrons. The van der Waals surface area contributed by atoms with Gasteiger partial charge in [-0.15, -0.1) is 0 Å². The number of hydrogen-bond donors (Lipinski definition) is 2. The van der Waals surface area contributed by atoms with Crippen LogP contribution in [0.3, 0.4) is 0 Å². The van der Waals surface area contributed by atoms with E-state index < -0.39 is 6.04 Å². The minimum Gasteiger partial charge on any atom is -0.458 e. The fourth-order valence-corrected chi connectivity index (χ4v) is 3.13. The molecule has 1 heterocycles. The second kappa shape index (κ2) is 9.47. The lowest BCUT2D eigenvalue weighted by Gasteiger charge is -2.22. The lowest BCUT2D eigenvalue weighted by Crippen LogP contribution is -2.36. The van der Waals surface area contributed by atoms with E-state index in [1.165, 1.54) is 5.56 Å². The molecule has 0 saturated heterocycles. The van der Waals surface area contributed by atoms with Crippen molar-refractivity contribution >= 4 is 23.3 Å². The molecule has 3 rings (SSSR count). The number of halogens is 1. The number of carbonyl (C=O) groups excluding carboxylic acids is 1. The summed E-state index contributed by atoms with van der Waals surface area (Å²) in [4.78, 5) is 15.9. The number of carbonyl (C=O) groups is 1. The molecule has 0 bridgehead atoms. The number of hydrogen-bond acceptors (Lipinski definition) is 3. The van der Waals surface area contributed by atoms with Gasteiger partial charge in [-0.2, -0.15) is 0 Å². The summed E-state index contributed by atoms with van der Waals surface area (Å²) in [5.74, 6) is -0.194. The standard InChI is InChI=1S/C23H25ClN2O2/c1-16(2)22(26-20-10-8-19(24)9-11-20)23(27)28-15-21-18(12-13-25-21)14-17-6-4-3-5-7-17/h3-13,16,22,25-26H,14-15H2,1-2H3. The van der Waals surface area contributed by atoms with Crippen LogP contribution in [0.15, 0.2) is 66.9 Å². The summed E-state index contributed by atoms with van der Waals surface area (Å²) in [6.45, 7) is 4.20. The Kier molecular flexibility index (Phi) is 6.77. The monoisotopic (exact) mass is 396 g/mol. The van der Waals surface area contributed by atoms with Crippen molar-refractivity contribution in [3.63, 3.8) is 0 Å². The average Bonchev–Trinajstić information content (AvgIpc) is 3.13. The van der Waals surface area contributed by atoms with Gasteiger partial charge >= 0.3 is 5.97 Å². The first-order valence-electron chi connectivity index (χ1n) is 9.40. The van der Waals surface area contributed by atoms with Crippen molar-refractivity contribution in [1.82, 2.24) is 4.98 Å². The molecule has 28 heavy (non-hydrogen) atoms. The molecule has 1 atom stereocenters. The lowest BCUT2D eigenvalue weighted by atomic mass is 10.0. The number of rotatable bonds is 8. The van der Waals surface area contributed by atoms with Gasteiger partial charge in [-0.25, -0.2) is 4.79 Å². The molecule has 2 aromatic carbocycles. The maximum atomic E-state index is 12.7. The highest BCUT2D eigenvalue weighted by atomic mass is 35.5. The lowest BCUT2D eigenvalue weighted by molar-refractivity contribution is -0.147. The highest BCUT2D eigenvalue weighted by Gasteiger charge is 2.24. The molecule has 5 heteroatoms. The van der Waals surface area contributed by atoms with Gasteiger partial charge in [0.1, 0.15) is 12.6 Å². The zero-order valence-corrected chi connectivity index (χ0v) is 16.9. The Labute approximate surface area is 170 Å². The van der Waals surface area contributed by atoms with Gasteiger partial charge < -0.3 is 15.0 Å². The Bertz CT molecular complexity index is 888. The minimum atomic E-state index is -0.436. The molecule has 0 radical (unpaired) electrons. The molecule has 0 aliphatic carbocycles. The van der Waals surface area contributed by atoms with Crippen LogP contribution < -0.4 is 5.32 Å².